The average molecular weight is 414 g/mol. The maximum atomic E-state index is 12.5. The minimum absolute atomic E-state index is 0.00679. The Morgan fingerprint density at radius 1 is 1.14 bits per heavy atom. The molecule has 1 saturated heterocycles. The maximum absolute atomic E-state index is 12.5. The molecule has 1 aromatic carbocycles. The molecule has 4 rings (SSSR count). The number of amides is 1. The van der Waals surface area contributed by atoms with Gasteiger partial charge in [0.2, 0.25) is 11.0 Å². The van der Waals surface area contributed by atoms with Gasteiger partial charge in [-0.25, -0.2) is 0 Å². The molecular formula is C22H31N5OS. The molecule has 2 fully saturated rings. The van der Waals surface area contributed by atoms with Crippen LogP contribution >= 0.6 is 11.3 Å². The number of aryl methyl sites for hydroxylation is 1. The van der Waals surface area contributed by atoms with Crippen LogP contribution in [0.5, 0.6) is 0 Å². The third-order valence-corrected chi connectivity index (χ3v) is 7.09. The Kier molecular flexibility index (Phi) is 6.45. The molecule has 7 heteroatoms. The molecule has 1 N–H and O–H groups in total. The van der Waals surface area contributed by atoms with Gasteiger partial charge < -0.3 is 4.90 Å². The summed E-state index contributed by atoms with van der Waals surface area (Å²) in [5.41, 5.74) is 2.54. The molecule has 2 heterocycles. The largest absolute Gasteiger partial charge is 0.366 e. The number of piperazine rings is 1. The summed E-state index contributed by atoms with van der Waals surface area (Å²) in [6.07, 6.45) is 6.28. The van der Waals surface area contributed by atoms with Crippen molar-refractivity contribution in [2.45, 2.75) is 57.9 Å². The number of carbonyl (C=O) groups is 1. The quantitative estimate of drug-likeness (QED) is 0.801. The zero-order valence-electron chi connectivity index (χ0n) is 17.4. The topological polar surface area (TPSA) is 61.4 Å². The fourth-order valence-electron chi connectivity index (χ4n) is 4.46. The first-order valence-corrected chi connectivity index (χ1v) is 11.6. The zero-order chi connectivity index (χ0) is 20.2. The normalized spacial score (nSPS) is 21.3. The van der Waals surface area contributed by atoms with Crippen molar-refractivity contribution in [2.75, 3.05) is 36.4 Å². The third-order valence-electron chi connectivity index (χ3n) is 6.09. The number of anilines is 2. The van der Waals surface area contributed by atoms with Gasteiger partial charge in [0.05, 0.1) is 6.54 Å². The van der Waals surface area contributed by atoms with E-state index in [9.17, 15) is 4.79 Å². The SMILES string of the molecule is Cc1ccc(N2CCN(CC(=O)Nc3nnc(C4CCCCC4)s3)CC2C)cc1. The second-order valence-electron chi connectivity index (χ2n) is 8.44. The van der Waals surface area contributed by atoms with Crippen LogP contribution in [0.4, 0.5) is 10.8 Å². The van der Waals surface area contributed by atoms with Gasteiger partial charge >= 0.3 is 0 Å². The lowest BCUT2D eigenvalue weighted by atomic mass is 9.90. The van der Waals surface area contributed by atoms with E-state index < -0.39 is 0 Å². The van der Waals surface area contributed by atoms with Gasteiger partial charge in [-0.05, 0) is 38.8 Å². The molecule has 0 bridgehead atoms. The highest BCUT2D eigenvalue weighted by Crippen LogP contribution is 2.35. The number of hydrogen-bond acceptors (Lipinski definition) is 6. The van der Waals surface area contributed by atoms with Gasteiger partial charge in [-0.3, -0.25) is 15.0 Å². The van der Waals surface area contributed by atoms with Gasteiger partial charge in [0.15, 0.2) is 0 Å². The van der Waals surface area contributed by atoms with Crippen molar-refractivity contribution in [1.82, 2.24) is 15.1 Å². The third kappa shape index (κ3) is 5.14. The Morgan fingerprint density at radius 3 is 2.62 bits per heavy atom. The molecule has 2 aliphatic rings. The van der Waals surface area contributed by atoms with Crippen molar-refractivity contribution < 1.29 is 4.79 Å². The van der Waals surface area contributed by atoms with Crippen LogP contribution in [-0.2, 0) is 4.79 Å². The number of hydrogen-bond donors (Lipinski definition) is 1. The van der Waals surface area contributed by atoms with Gasteiger partial charge in [-0.15, -0.1) is 10.2 Å². The van der Waals surface area contributed by atoms with E-state index in [1.54, 1.807) is 11.3 Å². The second kappa shape index (κ2) is 9.22. The van der Waals surface area contributed by atoms with Crippen LogP contribution in [0.1, 0.15) is 55.5 Å². The molecule has 2 aromatic rings. The van der Waals surface area contributed by atoms with Crippen LogP contribution in [0.15, 0.2) is 24.3 Å². The maximum Gasteiger partial charge on any atom is 0.240 e. The molecule has 1 amide bonds. The van der Waals surface area contributed by atoms with Gasteiger partial charge in [0.25, 0.3) is 0 Å². The Hall–Kier alpha value is -1.99. The monoisotopic (exact) mass is 413 g/mol. The molecule has 29 heavy (non-hydrogen) atoms. The number of nitrogens with one attached hydrogen (secondary N) is 1. The Labute approximate surface area is 177 Å². The van der Waals surface area contributed by atoms with Gasteiger partial charge in [0.1, 0.15) is 5.01 Å². The van der Waals surface area contributed by atoms with Crippen LogP contribution in [0.3, 0.4) is 0 Å². The van der Waals surface area contributed by atoms with Crippen LogP contribution in [0.2, 0.25) is 0 Å². The summed E-state index contributed by atoms with van der Waals surface area (Å²) in [4.78, 5) is 17.2. The molecule has 6 nitrogen and oxygen atoms in total. The lowest BCUT2D eigenvalue weighted by Gasteiger charge is -2.41. The first-order chi connectivity index (χ1) is 14.1. The molecule has 1 saturated carbocycles. The number of benzene rings is 1. The molecule has 0 radical (unpaired) electrons. The fourth-order valence-corrected chi connectivity index (χ4v) is 5.39. The van der Waals surface area contributed by atoms with E-state index in [0.717, 1.165) is 24.6 Å². The summed E-state index contributed by atoms with van der Waals surface area (Å²) >= 11 is 1.55. The Morgan fingerprint density at radius 2 is 1.90 bits per heavy atom. The lowest BCUT2D eigenvalue weighted by Crippen LogP contribution is -2.53. The van der Waals surface area contributed by atoms with Crippen LogP contribution < -0.4 is 10.2 Å². The molecule has 1 aliphatic carbocycles. The lowest BCUT2D eigenvalue weighted by molar-refractivity contribution is -0.117. The van der Waals surface area contributed by atoms with Crippen LogP contribution in [0.25, 0.3) is 0 Å². The smallest absolute Gasteiger partial charge is 0.240 e. The minimum atomic E-state index is 0.00679. The van der Waals surface area contributed by atoms with Gasteiger partial charge in [0, 0.05) is 37.3 Å². The van der Waals surface area contributed by atoms with Gasteiger partial charge in [-0.2, -0.15) is 0 Å². The van der Waals surface area contributed by atoms with Crippen molar-refractivity contribution in [2.24, 2.45) is 0 Å². The number of nitrogens with zero attached hydrogens (tertiary/aromatic N) is 4. The summed E-state index contributed by atoms with van der Waals surface area (Å²) in [5, 5.41) is 13.2. The van der Waals surface area contributed by atoms with E-state index >= 15 is 0 Å². The van der Waals surface area contributed by atoms with Crippen molar-refractivity contribution in [3.63, 3.8) is 0 Å². The van der Waals surface area contributed by atoms with E-state index in [2.05, 4.69) is 63.4 Å². The zero-order valence-corrected chi connectivity index (χ0v) is 18.2. The molecule has 1 unspecified atom stereocenters. The summed E-state index contributed by atoms with van der Waals surface area (Å²) in [6.45, 7) is 7.44. The number of aromatic nitrogens is 2. The van der Waals surface area contributed by atoms with E-state index in [1.807, 2.05) is 0 Å². The molecule has 1 aromatic heterocycles. The first-order valence-electron chi connectivity index (χ1n) is 10.8. The average Bonchev–Trinajstić information content (AvgIpc) is 3.18. The van der Waals surface area contributed by atoms with Crippen molar-refractivity contribution >= 4 is 28.1 Å². The highest BCUT2D eigenvalue weighted by molar-refractivity contribution is 7.15. The summed E-state index contributed by atoms with van der Waals surface area (Å²) in [6, 6.07) is 9.07. The predicted molar refractivity (Wildman–Crippen MR) is 119 cm³/mol. The van der Waals surface area contributed by atoms with E-state index in [-0.39, 0.29) is 5.91 Å². The first kappa shape index (κ1) is 20.3. The second-order valence-corrected chi connectivity index (χ2v) is 9.45. The van der Waals surface area contributed by atoms with Crippen molar-refractivity contribution in [3.8, 4) is 0 Å². The Balaban J connectivity index is 1.27. The Bertz CT molecular complexity index is 815. The van der Waals surface area contributed by atoms with Crippen LogP contribution in [0, 0.1) is 6.92 Å². The minimum Gasteiger partial charge on any atom is -0.366 e. The van der Waals surface area contributed by atoms with E-state index in [0.29, 0.717) is 23.6 Å². The molecular weight excluding hydrogens is 382 g/mol. The van der Waals surface area contributed by atoms with Gasteiger partial charge in [-0.1, -0.05) is 48.3 Å². The molecule has 156 valence electrons. The predicted octanol–water partition coefficient (Wildman–Crippen LogP) is 4.04. The van der Waals surface area contributed by atoms with Crippen molar-refractivity contribution in [1.29, 1.82) is 0 Å². The fraction of sp³-hybridized carbons (Fsp3) is 0.591. The molecule has 1 atom stereocenters. The standard InChI is InChI=1S/C22H31N5OS/c1-16-8-10-19(11-9-16)27-13-12-26(14-17(27)2)15-20(28)23-22-25-24-21(29-22)18-6-4-3-5-7-18/h8-11,17-18H,3-7,12-15H2,1-2H3,(H,23,25,28). The summed E-state index contributed by atoms with van der Waals surface area (Å²) in [7, 11) is 0. The number of rotatable bonds is 5. The van der Waals surface area contributed by atoms with E-state index in [1.165, 1.54) is 43.4 Å². The molecule has 1 aliphatic heterocycles. The van der Waals surface area contributed by atoms with E-state index in [4.69, 9.17) is 0 Å². The van der Waals surface area contributed by atoms with Crippen LogP contribution in [-0.4, -0.2) is 53.2 Å². The summed E-state index contributed by atoms with van der Waals surface area (Å²) in [5.74, 6) is 0.537. The highest BCUT2D eigenvalue weighted by atomic mass is 32.1. The molecule has 0 spiro atoms. The highest BCUT2D eigenvalue weighted by Gasteiger charge is 2.26. The summed E-state index contributed by atoms with van der Waals surface area (Å²) < 4.78 is 0. The van der Waals surface area contributed by atoms with Crippen molar-refractivity contribution in [3.05, 3.63) is 34.8 Å². The number of carbonyl (C=O) groups excluding carboxylic acids is 1.